The van der Waals surface area contributed by atoms with Crippen LogP contribution in [0.1, 0.15) is 41.0 Å². The van der Waals surface area contributed by atoms with E-state index in [0.717, 1.165) is 23.5 Å². The third kappa shape index (κ3) is 4.21. The van der Waals surface area contributed by atoms with Gasteiger partial charge in [0.05, 0.1) is 23.7 Å². The molecule has 1 atom stereocenters. The first kappa shape index (κ1) is 23.6. The number of benzene rings is 1. The summed E-state index contributed by atoms with van der Waals surface area (Å²) in [4.78, 5) is 28.1. The second-order valence-electron chi connectivity index (χ2n) is 8.89. The number of fused-ring (bicyclic) bond motifs is 3. The lowest BCUT2D eigenvalue weighted by atomic mass is 9.98. The molecule has 3 aromatic rings. The number of nitrogens with one attached hydrogen (secondary N) is 1. The van der Waals surface area contributed by atoms with Gasteiger partial charge >= 0.3 is 6.18 Å². The summed E-state index contributed by atoms with van der Waals surface area (Å²) in [5.41, 5.74) is 7.35. The Kier molecular flexibility index (Phi) is 5.57. The lowest BCUT2D eigenvalue weighted by molar-refractivity contribution is -0.137. The molecule has 2 aliphatic heterocycles. The van der Waals surface area contributed by atoms with E-state index in [2.05, 4.69) is 20.3 Å². The van der Waals surface area contributed by atoms with Gasteiger partial charge in [-0.25, -0.2) is 9.97 Å². The van der Waals surface area contributed by atoms with Crippen molar-refractivity contribution in [1.29, 1.82) is 0 Å². The van der Waals surface area contributed by atoms with Crippen molar-refractivity contribution in [2.75, 3.05) is 29.0 Å². The van der Waals surface area contributed by atoms with Crippen LogP contribution in [-0.2, 0) is 13.2 Å². The first-order chi connectivity index (χ1) is 17.0. The number of hydrogen-bond donors (Lipinski definition) is 2. The molecule has 1 aromatic carbocycles. The minimum atomic E-state index is -4.51. The van der Waals surface area contributed by atoms with Crippen molar-refractivity contribution < 1.29 is 13.2 Å². The van der Waals surface area contributed by atoms with E-state index in [1.54, 1.807) is 33.2 Å². The van der Waals surface area contributed by atoms with E-state index in [0.29, 0.717) is 47.2 Å². The lowest BCUT2D eigenvalue weighted by Crippen LogP contribution is -2.33. The molecule has 8 nitrogen and oxygen atoms in total. The number of anilines is 3. The third-order valence-electron chi connectivity index (χ3n) is 6.24. The zero-order valence-electron chi connectivity index (χ0n) is 19.9. The van der Waals surface area contributed by atoms with Crippen LogP contribution in [0.5, 0.6) is 0 Å². The molecule has 3 N–H and O–H groups in total. The van der Waals surface area contributed by atoms with E-state index >= 15 is 0 Å². The maximum atomic E-state index is 13.4. The average Bonchev–Trinajstić information content (AvgIpc) is 3.30. The number of nitrogens with zero attached hydrogens (tertiary/aromatic N) is 5. The number of rotatable bonds is 4. The van der Waals surface area contributed by atoms with Gasteiger partial charge in [0, 0.05) is 37.1 Å². The van der Waals surface area contributed by atoms with Crippen LogP contribution in [0.4, 0.5) is 30.5 Å². The van der Waals surface area contributed by atoms with Gasteiger partial charge in [0.1, 0.15) is 23.3 Å². The van der Waals surface area contributed by atoms with Crippen molar-refractivity contribution in [2.45, 2.75) is 26.1 Å². The van der Waals surface area contributed by atoms with Crippen LogP contribution < -0.4 is 21.5 Å². The van der Waals surface area contributed by atoms with Gasteiger partial charge in [0.25, 0.3) is 5.56 Å². The molecule has 36 heavy (non-hydrogen) atoms. The Morgan fingerprint density at radius 2 is 1.94 bits per heavy atom. The van der Waals surface area contributed by atoms with Crippen LogP contribution in [0.3, 0.4) is 0 Å². The molecule has 1 unspecified atom stereocenters. The molecule has 2 aromatic heterocycles. The molecular weight excluding hydrogens is 471 g/mol. The summed E-state index contributed by atoms with van der Waals surface area (Å²) in [6, 6.07) is 6.36. The minimum absolute atomic E-state index is 0.0279. The quantitative estimate of drug-likeness (QED) is 0.530. The van der Waals surface area contributed by atoms with Crippen LogP contribution in [0, 0.1) is 6.92 Å². The van der Waals surface area contributed by atoms with Crippen LogP contribution >= 0.6 is 0 Å². The Morgan fingerprint density at radius 3 is 2.67 bits per heavy atom. The summed E-state index contributed by atoms with van der Waals surface area (Å²) in [7, 11) is 1.68. The molecule has 0 bridgehead atoms. The number of nitrogens with two attached hydrogens (primary N) is 1. The summed E-state index contributed by atoms with van der Waals surface area (Å²) in [5, 5.41) is 3.25. The van der Waals surface area contributed by atoms with Crippen molar-refractivity contribution in [3.05, 3.63) is 75.0 Å². The lowest BCUT2D eigenvalue weighted by Gasteiger charge is -2.29. The van der Waals surface area contributed by atoms with Gasteiger partial charge in [-0.05, 0) is 55.3 Å². The molecule has 0 saturated carbocycles. The van der Waals surface area contributed by atoms with Gasteiger partial charge in [-0.2, -0.15) is 13.2 Å². The zero-order chi connectivity index (χ0) is 25.8. The fourth-order valence-corrected chi connectivity index (χ4v) is 4.42. The van der Waals surface area contributed by atoms with Gasteiger partial charge in [-0.15, -0.1) is 0 Å². The predicted molar refractivity (Wildman–Crippen MR) is 134 cm³/mol. The predicted octanol–water partition coefficient (Wildman–Crippen LogP) is 4.03. The van der Waals surface area contributed by atoms with E-state index < -0.39 is 17.8 Å². The van der Waals surface area contributed by atoms with Crippen molar-refractivity contribution in [2.24, 2.45) is 12.0 Å². The number of aliphatic imine (C=N–C) groups is 1. The van der Waals surface area contributed by atoms with E-state index in [1.807, 2.05) is 17.0 Å². The summed E-state index contributed by atoms with van der Waals surface area (Å²) >= 11 is 0. The number of aromatic nitrogens is 3. The maximum absolute atomic E-state index is 13.4. The fraction of sp³-hybridized carbons (Fsp3) is 0.280. The van der Waals surface area contributed by atoms with Crippen LogP contribution in [-0.4, -0.2) is 33.5 Å². The number of nitrogen functional groups attached to an aromatic ring is 1. The number of hydrogen-bond acceptors (Lipinski definition) is 7. The molecule has 0 amide bonds. The van der Waals surface area contributed by atoms with Crippen LogP contribution in [0.2, 0.25) is 0 Å². The highest BCUT2D eigenvalue weighted by molar-refractivity contribution is 6.36. The van der Waals surface area contributed by atoms with Crippen molar-refractivity contribution >= 4 is 34.8 Å². The molecule has 4 heterocycles. The van der Waals surface area contributed by atoms with Crippen LogP contribution in [0.25, 0.3) is 11.6 Å². The monoisotopic (exact) mass is 495 g/mol. The summed E-state index contributed by atoms with van der Waals surface area (Å²) in [6.07, 6.45) is -0.942. The van der Waals surface area contributed by atoms with E-state index in [-0.39, 0.29) is 11.2 Å². The Balaban J connectivity index is 1.60. The van der Waals surface area contributed by atoms with Crippen molar-refractivity contribution in [3.63, 3.8) is 0 Å². The Labute approximate surface area is 205 Å². The number of amidine groups is 1. The number of pyridine rings is 1. The average molecular weight is 496 g/mol. The number of aryl methyl sites for hydroxylation is 2. The molecule has 0 aliphatic carbocycles. The molecule has 186 valence electrons. The van der Waals surface area contributed by atoms with Gasteiger partial charge in [0.2, 0.25) is 0 Å². The van der Waals surface area contributed by atoms with Gasteiger partial charge in [-0.1, -0.05) is 0 Å². The normalized spacial score (nSPS) is 15.7. The summed E-state index contributed by atoms with van der Waals surface area (Å²) in [5.74, 6) is 2.35. The van der Waals surface area contributed by atoms with Crippen molar-refractivity contribution in [3.8, 4) is 0 Å². The highest BCUT2D eigenvalue weighted by atomic mass is 19.4. The topological polar surface area (TPSA) is 101 Å². The maximum Gasteiger partial charge on any atom is 0.416 e. The molecule has 5 rings (SSSR count). The minimum Gasteiger partial charge on any atom is -0.399 e. The Morgan fingerprint density at radius 1 is 1.17 bits per heavy atom. The Bertz CT molecular complexity index is 1490. The van der Waals surface area contributed by atoms with Gasteiger partial charge in [-0.3, -0.25) is 9.79 Å². The molecule has 0 radical (unpaired) electrons. The van der Waals surface area contributed by atoms with Crippen LogP contribution in [0.15, 0.2) is 46.3 Å². The highest BCUT2D eigenvalue weighted by Gasteiger charge is 2.33. The molecule has 0 saturated heterocycles. The van der Waals surface area contributed by atoms with E-state index in [1.165, 1.54) is 10.6 Å². The summed E-state index contributed by atoms with van der Waals surface area (Å²) < 4.78 is 41.5. The summed E-state index contributed by atoms with van der Waals surface area (Å²) in [6.45, 7) is 4.68. The molecule has 0 fully saturated rings. The molecule has 2 aliphatic rings. The SMILES string of the molecule is Cc1nc(NC(C)c2cc(N)cc(C(F)(F)F)c2)c2c(n1)N1CCN=C1C(c1ccn(C)c(=O)c1)=C2. The smallest absolute Gasteiger partial charge is 0.399 e. The first-order valence-electron chi connectivity index (χ1n) is 11.3. The largest absolute Gasteiger partial charge is 0.416 e. The third-order valence-corrected chi connectivity index (χ3v) is 6.24. The highest BCUT2D eigenvalue weighted by Crippen LogP contribution is 2.39. The zero-order valence-corrected chi connectivity index (χ0v) is 19.9. The second-order valence-corrected chi connectivity index (χ2v) is 8.89. The van der Waals surface area contributed by atoms with E-state index in [4.69, 9.17) is 5.73 Å². The Hall–Kier alpha value is -4.15. The van der Waals surface area contributed by atoms with Crippen molar-refractivity contribution in [1.82, 2.24) is 14.5 Å². The molecule has 11 heteroatoms. The standard InChI is InChI=1S/C25H24F3N7O/c1-13(16-8-17(25(26,27)28)11-18(29)9-16)31-22-20-12-19(15-4-6-34(3)21(36)10-15)23-30-5-7-35(23)24(20)33-14(2)32-22/h4,6,8-13H,5,7,29H2,1-3H3,(H,31,32,33). The van der Waals surface area contributed by atoms with Gasteiger partial charge < -0.3 is 20.5 Å². The molecule has 0 spiro atoms. The van der Waals surface area contributed by atoms with E-state index in [9.17, 15) is 18.0 Å². The second kappa shape index (κ2) is 8.51. The number of alkyl halides is 3. The molecular formula is C25H24F3N7O. The number of halogens is 3. The fourth-order valence-electron chi connectivity index (χ4n) is 4.42. The van der Waals surface area contributed by atoms with Gasteiger partial charge in [0.15, 0.2) is 0 Å². The first-order valence-corrected chi connectivity index (χ1v) is 11.3.